The Bertz CT molecular complexity index is 738. The molecule has 110 valence electrons. The monoisotopic (exact) mass is 311 g/mol. The zero-order valence-electron chi connectivity index (χ0n) is 11.6. The largest absolute Gasteiger partial charge is 0.508 e. The van der Waals surface area contributed by atoms with Crippen molar-refractivity contribution in [1.29, 1.82) is 0 Å². The van der Waals surface area contributed by atoms with Crippen molar-refractivity contribution in [2.45, 2.75) is 6.54 Å². The Kier molecular flexibility index (Phi) is 3.98. The number of phenolic OH excluding ortho intramolecular Hbond substituents is 1. The highest BCUT2D eigenvalue weighted by atomic mass is 32.2. The van der Waals surface area contributed by atoms with Crippen molar-refractivity contribution in [3.63, 3.8) is 0 Å². The van der Waals surface area contributed by atoms with Crippen LogP contribution in [0.15, 0.2) is 59.5 Å². The lowest BCUT2D eigenvalue weighted by Crippen LogP contribution is -2.27. The van der Waals surface area contributed by atoms with Crippen LogP contribution in [0.5, 0.6) is 5.75 Å². The van der Waals surface area contributed by atoms with Crippen molar-refractivity contribution >= 4 is 29.0 Å². The molecule has 1 aliphatic rings. The summed E-state index contributed by atoms with van der Waals surface area (Å²) in [4.78, 5) is 26.0. The molecule has 0 unspecified atom stereocenters. The molecule has 0 aliphatic carbocycles. The van der Waals surface area contributed by atoms with Gasteiger partial charge in [0.2, 0.25) is 0 Å². The zero-order valence-corrected chi connectivity index (χ0v) is 12.4. The number of aromatic hydroxyl groups is 1. The van der Waals surface area contributed by atoms with E-state index in [0.717, 1.165) is 22.9 Å². The summed E-state index contributed by atoms with van der Waals surface area (Å²) in [5.74, 6) is -0.124. The molecule has 0 aromatic heterocycles. The smallest absolute Gasteiger partial charge is 0.293 e. The van der Waals surface area contributed by atoms with E-state index in [1.54, 1.807) is 30.3 Å². The van der Waals surface area contributed by atoms with Crippen LogP contribution >= 0.6 is 11.8 Å². The Balaban J connectivity index is 1.80. The number of phenols is 1. The van der Waals surface area contributed by atoms with Crippen LogP contribution in [0.3, 0.4) is 0 Å². The van der Waals surface area contributed by atoms with E-state index < -0.39 is 0 Å². The minimum atomic E-state index is -0.285. The lowest BCUT2D eigenvalue weighted by atomic mass is 10.2. The lowest BCUT2D eigenvalue weighted by Gasteiger charge is -2.12. The van der Waals surface area contributed by atoms with Crippen LogP contribution < -0.4 is 0 Å². The lowest BCUT2D eigenvalue weighted by molar-refractivity contribution is -0.123. The van der Waals surface area contributed by atoms with Gasteiger partial charge in [0.25, 0.3) is 11.1 Å². The highest BCUT2D eigenvalue weighted by molar-refractivity contribution is 8.18. The molecular weight excluding hydrogens is 298 g/mol. The second-order valence-corrected chi connectivity index (χ2v) is 5.84. The molecule has 3 rings (SSSR count). The number of imide groups is 1. The summed E-state index contributed by atoms with van der Waals surface area (Å²) in [6.07, 6.45) is 1.66. The number of carbonyl (C=O) groups excluding carboxylic acids is 2. The van der Waals surface area contributed by atoms with E-state index in [4.69, 9.17) is 0 Å². The first-order valence-electron chi connectivity index (χ1n) is 6.72. The van der Waals surface area contributed by atoms with Crippen LogP contribution in [0.25, 0.3) is 6.08 Å². The third-order valence-electron chi connectivity index (χ3n) is 3.25. The van der Waals surface area contributed by atoms with Gasteiger partial charge >= 0.3 is 0 Å². The maximum absolute atomic E-state index is 12.4. The molecular formula is C17H13NO3S. The van der Waals surface area contributed by atoms with Gasteiger partial charge in [-0.1, -0.05) is 42.5 Å². The predicted octanol–water partition coefficient (Wildman–Crippen LogP) is 3.63. The van der Waals surface area contributed by atoms with E-state index >= 15 is 0 Å². The molecule has 1 fully saturated rings. The standard InChI is InChI=1S/C17H13NO3S/c19-14-8-6-12(7-9-14)10-15-16(20)18(17(21)22-15)11-13-4-2-1-3-5-13/h1-10,19H,11H2/b15-10-. The number of nitrogens with zero attached hydrogens (tertiary/aromatic N) is 1. The number of hydrogen-bond acceptors (Lipinski definition) is 4. The summed E-state index contributed by atoms with van der Waals surface area (Å²) in [5.41, 5.74) is 1.68. The van der Waals surface area contributed by atoms with Crippen molar-refractivity contribution in [3.8, 4) is 5.75 Å². The number of thioether (sulfide) groups is 1. The van der Waals surface area contributed by atoms with Gasteiger partial charge in [-0.2, -0.15) is 0 Å². The molecule has 0 saturated carbocycles. The second kappa shape index (κ2) is 6.07. The van der Waals surface area contributed by atoms with Gasteiger partial charge in [0.15, 0.2) is 0 Å². The van der Waals surface area contributed by atoms with Crippen LogP contribution in [0, 0.1) is 0 Å². The van der Waals surface area contributed by atoms with Crippen LogP contribution in [-0.4, -0.2) is 21.2 Å². The minimum Gasteiger partial charge on any atom is -0.508 e. The van der Waals surface area contributed by atoms with Crippen LogP contribution in [0.2, 0.25) is 0 Å². The quantitative estimate of drug-likeness (QED) is 0.879. The number of carbonyl (C=O) groups is 2. The van der Waals surface area contributed by atoms with Crippen LogP contribution in [0.1, 0.15) is 11.1 Å². The maximum Gasteiger partial charge on any atom is 0.293 e. The summed E-state index contributed by atoms with van der Waals surface area (Å²) < 4.78 is 0. The first-order valence-corrected chi connectivity index (χ1v) is 7.53. The molecule has 1 N–H and O–H groups in total. The Morgan fingerprint density at radius 2 is 1.68 bits per heavy atom. The van der Waals surface area contributed by atoms with Crippen LogP contribution in [-0.2, 0) is 11.3 Å². The first-order chi connectivity index (χ1) is 10.6. The Hall–Kier alpha value is -2.53. The second-order valence-electron chi connectivity index (χ2n) is 4.84. The number of amides is 2. The third kappa shape index (κ3) is 3.04. The van der Waals surface area contributed by atoms with Gasteiger partial charge < -0.3 is 5.11 Å². The fourth-order valence-corrected chi connectivity index (χ4v) is 2.96. The summed E-state index contributed by atoms with van der Waals surface area (Å²) in [6, 6.07) is 15.9. The molecule has 5 heteroatoms. The van der Waals surface area contributed by atoms with Gasteiger partial charge in [-0.3, -0.25) is 14.5 Å². The van der Waals surface area contributed by atoms with Crippen molar-refractivity contribution < 1.29 is 14.7 Å². The van der Waals surface area contributed by atoms with E-state index in [9.17, 15) is 14.7 Å². The fourth-order valence-electron chi connectivity index (χ4n) is 2.12. The van der Waals surface area contributed by atoms with Gasteiger partial charge in [0.1, 0.15) is 5.75 Å². The third-order valence-corrected chi connectivity index (χ3v) is 4.16. The zero-order chi connectivity index (χ0) is 15.5. The predicted molar refractivity (Wildman–Crippen MR) is 86.1 cm³/mol. The molecule has 2 aromatic carbocycles. The number of rotatable bonds is 3. The van der Waals surface area contributed by atoms with E-state index in [0.29, 0.717) is 4.91 Å². The molecule has 0 bridgehead atoms. The Morgan fingerprint density at radius 3 is 2.36 bits per heavy atom. The number of hydrogen-bond donors (Lipinski definition) is 1. The summed E-state index contributed by atoms with van der Waals surface area (Å²) in [6.45, 7) is 0.276. The molecule has 2 aromatic rings. The topological polar surface area (TPSA) is 57.6 Å². The van der Waals surface area contributed by atoms with Crippen molar-refractivity contribution in [2.24, 2.45) is 0 Å². The fraction of sp³-hybridized carbons (Fsp3) is 0.0588. The van der Waals surface area contributed by atoms with E-state index in [-0.39, 0.29) is 23.4 Å². The SMILES string of the molecule is O=C1S/C(=C\c2ccc(O)cc2)C(=O)N1Cc1ccccc1. The first kappa shape index (κ1) is 14.4. The molecule has 0 spiro atoms. The Morgan fingerprint density at radius 1 is 1.00 bits per heavy atom. The maximum atomic E-state index is 12.4. The van der Waals surface area contributed by atoms with Crippen molar-refractivity contribution in [2.75, 3.05) is 0 Å². The molecule has 2 amide bonds. The van der Waals surface area contributed by atoms with Gasteiger partial charge in [-0.05, 0) is 41.1 Å². The highest BCUT2D eigenvalue weighted by Crippen LogP contribution is 2.33. The van der Waals surface area contributed by atoms with Crippen LogP contribution in [0.4, 0.5) is 4.79 Å². The van der Waals surface area contributed by atoms with Gasteiger partial charge in [-0.15, -0.1) is 0 Å². The average molecular weight is 311 g/mol. The molecule has 1 heterocycles. The van der Waals surface area contributed by atoms with E-state index in [1.807, 2.05) is 30.3 Å². The van der Waals surface area contributed by atoms with Gasteiger partial charge in [0, 0.05) is 0 Å². The van der Waals surface area contributed by atoms with Gasteiger partial charge in [0.05, 0.1) is 11.4 Å². The van der Waals surface area contributed by atoms with Gasteiger partial charge in [-0.25, -0.2) is 0 Å². The van der Waals surface area contributed by atoms with E-state index in [1.165, 1.54) is 4.90 Å². The molecule has 1 saturated heterocycles. The van der Waals surface area contributed by atoms with Crippen molar-refractivity contribution in [3.05, 3.63) is 70.6 Å². The molecule has 0 radical (unpaired) electrons. The highest BCUT2D eigenvalue weighted by Gasteiger charge is 2.34. The summed E-state index contributed by atoms with van der Waals surface area (Å²) in [5, 5.41) is 9.00. The Labute approximate surface area is 132 Å². The normalized spacial score (nSPS) is 16.5. The number of benzene rings is 2. The van der Waals surface area contributed by atoms with Crippen molar-refractivity contribution in [1.82, 2.24) is 4.90 Å². The van der Waals surface area contributed by atoms with E-state index in [2.05, 4.69) is 0 Å². The minimum absolute atomic E-state index is 0.161. The molecule has 0 atom stereocenters. The molecule has 1 aliphatic heterocycles. The average Bonchev–Trinajstić information content (AvgIpc) is 2.78. The molecule has 4 nitrogen and oxygen atoms in total. The summed E-state index contributed by atoms with van der Waals surface area (Å²) in [7, 11) is 0. The molecule has 22 heavy (non-hydrogen) atoms. The summed E-state index contributed by atoms with van der Waals surface area (Å²) >= 11 is 0.936.